The highest BCUT2D eigenvalue weighted by Gasteiger charge is 2.46. The molecule has 74 heavy (non-hydrogen) atoms. The summed E-state index contributed by atoms with van der Waals surface area (Å²) in [5.41, 5.74) is 4.41. The van der Waals surface area contributed by atoms with Gasteiger partial charge in [-0.15, -0.1) is 0 Å². The molecule has 8 amide bonds. The number of nitrogens with one attached hydrogen (secondary N) is 8. The third kappa shape index (κ3) is 12.8. The van der Waals surface area contributed by atoms with E-state index in [1.807, 2.05) is 48.5 Å². The second-order valence-corrected chi connectivity index (χ2v) is 20.2. The van der Waals surface area contributed by atoms with E-state index in [2.05, 4.69) is 42.5 Å². The van der Waals surface area contributed by atoms with Crippen LogP contribution in [-0.4, -0.2) is 155 Å². The zero-order valence-corrected chi connectivity index (χ0v) is 43.0. The monoisotopic (exact) mass is 1020 g/mol. The van der Waals surface area contributed by atoms with Crippen LogP contribution < -0.4 is 42.5 Å². The van der Waals surface area contributed by atoms with Gasteiger partial charge in [0.15, 0.2) is 0 Å². The first-order valence-corrected chi connectivity index (χ1v) is 25.8. The average molecular weight is 1020 g/mol. The quantitative estimate of drug-likeness (QED) is 0.0831. The van der Waals surface area contributed by atoms with Crippen LogP contribution in [0.3, 0.4) is 0 Å². The standard InChI is InChI=1S/C54H72N10O10/c1-29(55-5)47(67)61-45(31(3)65)53(73)63-27-37(25-43(63)51(71)59-41-22-12-16-33-14-7-9-20-39(33)41)57-49(69)35-18-11-19-36(24-35)50(70)58-38-26-44(52(72)60-42-23-13-17-34-15-8-10-21-40(34)42)64(28-38)54(74)46(32(4)66)62-48(68)30(2)56-6/h7-11,14-15,18-21,24,29-32,37-38,41-46,55-56,65-66H,12-13,16-17,22-23,25-28H2,1-6H3,(H,57,69)(H,58,70)(H,59,71)(H,60,72)(H,61,67)(H,62,68)/t29-,30-,31+,32+,37-,38-,41+,42?,43-,44-,45-,46-/m0/s1. The number of aryl methyl sites for hydroxylation is 2. The van der Waals surface area contributed by atoms with Crippen molar-refractivity contribution in [3.63, 3.8) is 0 Å². The van der Waals surface area contributed by atoms with Crippen LogP contribution in [0.1, 0.15) is 121 Å². The van der Waals surface area contributed by atoms with Crippen molar-refractivity contribution in [2.24, 2.45) is 0 Å². The van der Waals surface area contributed by atoms with Crippen LogP contribution in [0.15, 0.2) is 72.8 Å². The first-order valence-electron chi connectivity index (χ1n) is 25.8. The molecule has 20 nitrogen and oxygen atoms in total. The number of hydrogen-bond acceptors (Lipinski definition) is 12. The fraction of sp³-hybridized carbons (Fsp3) is 0.519. The van der Waals surface area contributed by atoms with Crippen molar-refractivity contribution < 1.29 is 48.6 Å². The third-order valence-corrected chi connectivity index (χ3v) is 14.9. The van der Waals surface area contributed by atoms with Crippen LogP contribution in [-0.2, 0) is 41.6 Å². The van der Waals surface area contributed by atoms with E-state index in [0.29, 0.717) is 12.8 Å². The van der Waals surface area contributed by atoms with Crippen molar-refractivity contribution in [1.82, 2.24) is 52.3 Å². The lowest BCUT2D eigenvalue weighted by molar-refractivity contribution is -0.144. The summed E-state index contributed by atoms with van der Waals surface area (Å²) < 4.78 is 0. The molecule has 2 fully saturated rings. The summed E-state index contributed by atoms with van der Waals surface area (Å²) in [6.07, 6.45) is 2.17. The summed E-state index contributed by atoms with van der Waals surface area (Å²) in [6.45, 7) is 5.69. The highest BCUT2D eigenvalue weighted by atomic mass is 16.3. The van der Waals surface area contributed by atoms with E-state index < -0.39 is 108 Å². The summed E-state index contributed by atoms with van der Waals surface area (Å²) in [5.74, 6) is -4.55. The van der Waals surface area contributed by atoms with Gasteiger partial charge in [0.25, 0.3) is 11.8 Å². The molecule has 1 unspecified atom stereocenters. The fourth-order valence-corrected chi connectivity index (χ4v) is 10.5. The fourth-order valence-electron chi connectivity index (χ4n) is 10.5. The van der Waals surface area contributed by atoms with Gasteiger partial charge in [-0.05, 0) is 134 Å². The van der Waals surface area contributed by atoms with Crippen molar-refractivity contribution in [2.75, 3.05) is 27.2 Å². The lowest BCUT2D eigenvalue weighted by atomic mass is 9.87. The highest BCUT2D eigenvalue weighted by molar-refractivity contribution is 6.01. The molecule has 4 aliphatic rings. The largest absolute Gasteiger partial charge is 0.391 e. The molecule has 7 rings (SSSR count). The minimum atomic E-state index is -1.40. The van der Waals surface area contributed by atoms with Gasteiger partial charge in [-0.25, -0.2) is 0 Å². The van der Waals surface area contributed by atoms with Gasteiger partial charge in [-0.3, -0.25) is 38.4 Å². The summed E-state index contributed by atoms with van der Waals surface area (Å²) in [4.78, 5) is 114. The molecule has 20 heteroatoms. The van der Waals surface area contributed by atoms with E-state index in [1.54, 1.807) is 27.9 Å². The Morgan fingerprint density at radius 1 is 0.541 bits per heavy atom. The Morgan fingerprint density at radius 3 is 1.31 bits per heavy atom. The van der Waals surface area contributed by atoms with Crippen LogP contribution in [0.25, 0.3) is 0 Å². The van der Waals surface area contributed by atoms with Gasteiger partial charge in [0.2, 0.25) is 35.4 Å². The topological polar surface area (TPSA) is 280 Å². The number of hydrogen-bond donors (Lipinski definition) is 10. The minimum Gasteiger partial charge on any atom is -0.391 e. The number of likely N-dealkylation sites (tertiary alicyclic amines) is 2. The third-order valence-electron chi connectivity index (χ3n) is 14.9. The smallest absolute Gasteiger partial charge is 0.251 e. The van der Waals surface area contributed by atoms with Gasteiger partial charge in [-0.2, -0.15) is 0 Å². The summed E-state index contributed by atoms with van der Waals surface area (Å²) >= 11 is 0. The number of aliphatic hydroxyl groups is 2. The van der Waals surface area contributed by atoms with Crippen molar-refractivity contribution in [3.8, 4) is 0 Å². The molecular formula is C54H72N10O10. The summed E-state index contributed by atoms with van der Waals surface area (Å²) in [6, 6.07) is 13.2. The molecule has 2 saturated heterocycles. The molecule has 0 spiro atoms. The number of amides is 8. The zero-order chi connectivity index (χ0) is 53.4. The molecule has 3 aromatic rings. The maximum atomic E-state index is 14.3. The number of carbonyl (C=O) groups is 8. The van der Waals surface area contributed by atoms with E-state index in [-0.39, 0.29) is 49.1 Å². The summed E-state index contributed by atoms with van der Waals surface area (Å²) in [7, 11) is 3.16. The van der Waals surface area contributed by atoms with Crippen LogP contribution >= 0.6 is 0 Å². The van der Waals surface area contributed by atoms with Gasteiger partial charge < -0.3 is 62.5 Å². The lowest BCUT2D eigenvalue weighted by Gasteiger charge is -2.32. The number of benzene rings is 3. The average Bonchev–Trinajstić information content (AvgIpc) is 4.03. The summed E-state index contributed by atoms with van der Waals surface area (Å²) in [5, 5.41) is 44.5. The van der Waals surface area contributed by atoms with E-state index in [4.69, 9.17) is 0 Å². The van der Waals surface area contributed by atoms with Crippen LogP contribution in [0, 0.1) is 0 Å². The number of aliphatic hydroxyl groups excluding tert-OH is 2. The lowest BCUT2D eigenvalue weighted by Crippen LogP contribution is -2.59. The predicted octanol–water partition coefficient (Wildman–Crippen LogP) is 0.420. The second kappa shape index (κ2) is 24.5. The van der Waals surface area contributed by atoms with Crippen molar-refractivity contribution >= 4 is 47.3 Å². The van der Waals surface area contributed by atoms with Crippen LogP contribution in [0.2, 0.25) is 0 Å². The van der Waals surface area contributed by atoms with E-state index in [0.717, 1.165) is 47.9 Å². The first kappa shape index (κ1) is 55.0. The maximum absolute atomic E-state index is 14.3. The molecule has 398 valence electrons. The normalized spacial score (nSPS) is 23.6. The molecule has 0 saturated carbocycles. The molecule has 2 aliphatic carbocycles. The molecular weight excluding hydrogens is 949 g/mol. The van der Waals surface area contributed by atoms with Crippen LogP contribution in [0.5, 0.6) is 0 Å². The van der Waals surface area contributed by atoms with Gasteiger partial charge >= 0.3 is 0 Å². The molecule has 0 radical (unpaired) electrons. The molecule has 2 heterocycles. The number of rotatable bonds is 18. The van der Waals surface area contributed by atoms with Crippen molar-refractivity contribution in [3.05, 3.63) is 106 Å². The minimum absolute atomic E-state index is 0.0122. The molecule has 3 aromatic carbocycles. The number of likely N-dealkylation sites (N-methyl/N-ethyl adjacent to an activating group) is 2. The highest BCUT2D eigenvalue weighted by Crippen LogP contribution is 2.32. The Hall–Kier alpha value is -6.74. The predicted molar refractivity (Wildman–Crippen MR) is 274 cm³/mol. The Morgan fingerprint density at radius 2 is 0.932 bits per heavy atom. The Bertz CT molecular complexity index is 2410. The number of carbonyl (C=O) groups excluding carboxylic acids is 8. The number of fused-ring (bicyclic) bond motifs is 2. The molecule has 12 atom stereocenters. The van der Waals surface area contributed by atoms with Crippen LogP contribution in [0.4, 0.5) is 0 Å². The van der Waals surface area contributed by atoms with Crippen molar-refractivity contribution in [1.29, 1.82) is 0 Å². The molecule has 0 bridgehead atoms. The maximum Gasteiger partial charge on any atom is 0.251 e. The van der Waals surface area contributed by atoms with Crippen molar-refractivity contribution in [2.45, 2.75) is 152 Å². The van der Waals surface area contributed by atoms with E-state index in [9.17, 15) is 48.6 Å². The second-order valence-electron chi connectivity index (χ2n) is 20.2. The Labute approximate surface area is 431 Å². The van der Waals surface area contributed by atoms with E-state index >= 15 is 0 Å². The molecule has 10 N–H and O–H groups in total. The van der Waals surface area contributed by atoms with Gasteiger partial charge in [0.05, 0.1) is 36.4 Å². The molecule has 2 aliphatic heterocycles. The van der Waals surface area contributed by atoms with Gasteiger partial charge in [0.1, 0.15) is 24.2 Å². The van der Waals surface area contributed by atoms with Gasteiger partial charge in [-0.1, -0.05) is 54.6 Å². The first-order chi connectivity index (χ1) is 35.4. The Balaban J connectivity index is 1.07. The zero-order valence-electron chi connectivity index (χ0n) is 43.0. The number of nitrogens with zero attached hydrogens (tertiary/aromatic N) is 2. The molecule has 0 aromatic heterocycles. The van der Waals surface area contributed by atoms with E-state index in [1.165, 1.54) is 47.9 Å². The van der Waals surface area contributed by atoms with Gasteiger partial charge in [0, 0.05) is 36.3 Å². The SMILES string of the molecule is CN[C@@H](C)C(=O)N[C@H](C(=O)N1C[C@@H](NC(=O)c2cccc(C(=O)N[C@H]3C[C@@H](C(=O)N[C@@H]4CCCc5ccccc54)N(C(=O)[C@@H](NC(=O)[C@H](C)NC)[C@@H](C)O)C3)c2)C[C@H]1C(=O)NC1CCCc2ccccc21)[C@@H](C)O. The Kier molecular flexibility index (Phi) is 18.2.